The lowest BCUT2D eigenvalue weighted by Crippen LogP contribution is -2.42. The Hall–Kier alpha value is -0.410. The van der Waals surface area contributed by atoms with Gasteiger partial charge in [-0.05, 0) is 44.4 Å². The second-order valence-corrected chi connectivity index (χ2v) is 6.85. The van der Waals surface area contributed by atoms with Crippen molar-refractivity contribution in [1.82, 2.24) is 10.3 Å². The lowest BCUT2D eigenvalue weighted by molar-refractivity contribution is 0.130. The summed E-state index contributed by atoms with van der Waals surface area (Å²) in [5.74, 6) is 0. The SMILES string of the molecule is Cc1ncc(CC2(CNC3CC3)CCC2)s1. The summed E-state index contributed by atoms with van der Waals surface area (Å²) in [6, 6.07) is 0.848. The van der Waals surface area contributed by atoms with Crippen LogP contribution in [0.15, 0.2) is 6.20 Å². The van der Waals surface area contributed by atoms with Gasteiger partial charge in [-0.15, -0.1) is 11.3 Å². The second kappa shape index (κ2) is 4.11. The molecule has 1 N–H and O–H groups in total. The monoisotopic (exact) mass is 236 g/mol. The minimum Gasteiger partial charge on any atom is -0.313 e. The summed E-state index contributed by atoms with van der Waals surface area (Å²) in [6.45, 7) is 3.33. The summed E-state index contributed by atoms with van der Waals surface area (Å²) in [5.41, 5.74) is 0.571. The van der Waals surface area contributed by atoms with Crippen molar-refractivity contribution in [1.29, 1.82) is 0 Å². The Labute approximate surface area is 101 Å². The van der Waals surface area contributed by atoms with Crippen LogP contribution in [-0.2, 0) is 6.42 Å². The topological polar surface area (TPSA) is 24.9 Å². The maximum Gasteiger partial charge on any atom is 0.0896 e. The predicted octanol–water partition coefficient (Wildman–Crippen LogP) is 2.92. The first-order chi connectivity index (χ1) is 7.76. The predicted molar refractivity (Wildman–Crippen MR) is 67.9 cm³/mol. The van der Waals surface area contributed by atoms with Crippen LogP contribution < -0.4 is 5.32 Å². The molecule has 2 aliphatic carbocycles. The molecule has 0 spiro atoms. The van der Waals surface area contributed by atoms with Crippen molar-refractivity contribution in [3.63, 3.8) is 0 Å². The molecule has 3 heteroatoms. The average Bonchev–Trinajstić information content (AvgIpc) is 2.95. The molecule has 3 rings (SSSR count). The second-order valence-electron chi connectivity index (χ2n) is 5.53. The van der Waals surface area contributed by atoms with Gasteiger partial charge in [-0.25, -0.2) is 4.98 Å². The highest BCUT2D eigenvalue weighted by atomic mass is 32.1. The zero-order valence-electron chi connectivity index (χ0n) is 9.96. The van der Waals surface area contributed by atoms with E-state index in [-0.39, 0.29) is 0 Å². The van der Waals surface area contributed by atoms with Crippen LogP contribution in [0.25, 0.3) is 0 Å². The molecule has 88 valence electrons. The van der Waals surface area contributed by atoms with Gasteiger partial charge in [-0.2, -0.15) is 0 Å². The van der Waals surface area contributed by atoms with E-state index in [2.05, 4.69) is 23.4 Å². The molecular weight excluding hydrogens is 216 g/mol. The first-order valence-electron chi connectivity index (χ1n) is 6.41. The van der Waals surface area contributed by atoms with Crippen LogP contribution in [0.5, 0.6) is 0 Å². The van der Waals surface area contributed by atoms with Crippen molar-refractivity contribution in [2.75, 3.05) is 6.54 Å². The zero-order valence-corrected chi connectivity index (χ0v) is 10.8. The Bertz CT molecular complexity index is 364. The fourth-order valence-electron chi connectivity index (χ4n) is 2.60. The van der Waals surface area contributed by atoms with E-state index in [9.17, 15) is 0 Å². The Balaban J connectivity index is 1.60. The van der Waals surface area contributed by atoms with E-state index in [4.69, 9.17) is 0 Å². The van der Waals surface area contributed by atoms with E-state index in [1.54, 1.807) is 0 Å². The number of thiazole rings is 1. The van der Waals surface area contributed by atoms with Gasteiger partial charge < -0.3 is 5.32 Å². The van der Waals surface area contributed by atoms with Crippen LogP contribution in [-0.4, -0.2) is 17.6 Å². The smallest absolute Gasteiger partial charge is 0.0896 e. The van der Waals surface area contributed by atoms with Crippen molar-refractivity contribution in [2.24, 2.45) is 5.41 Å². The normalized spacial score (nSPS) is 23.1. The molecule has 2 saturated carbocycles. The van der Waals surface area contributed by atoms with E-state index in [1.807, 2.05) is 11.3 Å². The Morgan fingerprint density at radius 3 is 2.81 bits per heavy atom. The maximum atomic E-state index is 4.36. The molecule has 1 heterocycles. The van der Waals surface area contributed by atoms with E-state index >= 15 is 0 Å². The number of hydrogen-bond donors (Lipinski definition) is 1. The molecule has 0 aliphatic heterocycles. The zero-order chi connectivity index (χ0) is 11.0. The number of hydrogen-bond acceptors (Lipinski definition) is 3. The largest absolute Gasteiger partial charge is 0.313 e. The number of nitrogens with one attached hydrogen (secondary N) is 1. The quantitative estimate of drug-likeness (QED) is 0.850. The van der Waals surface area contributed by atoms with E-state index in [0.29, 0.717) is 5.41 Å². The average molecular weight is 236 g/mol. The summed E-state index contributed by atoms with van der Waals surface area (Å²) >= 11 is 1.87. The number of nitrogens with zero attached hydrogens (tertiary/aromatic N) is 1. The lowest BCUT2D eigenvalue weighted by Gasteiger charge is -2.42. The first-order valence-corrected chi connectivity index (χ1v) is 7.22. The Morgan fingerprint density at radius 1 is 1.50 bits per heavy atom. The molecule has 2 nitrogen and oxygen atoms in total. The van der Waals surface area contributed by atoms with Gasteiger partial charge in [-0.3, -0.25) is 0 Å². The minimum absolute atomic E-state index is 0.571. The van der Waals surface area contributed by atoms with Gasteiger partial charge in [0.05, 0.1) is 5.01 Å². The van der Waals surface area contributed by atoms with Gasteiger partial charge in [0.25, 0.3) is 0 Å². The van der Waals surface area contributed by atoms with E-state index < -0.39 is 0 Å². The highest BCUT2D eigenvalue weighted by Crippen LogP contribution is 2.44. The molecule has 0 unspecified atom stereocenters. The lowest BCUT2D eigenvalue weighted by atomic mass is 9.66. The molecule has 0 bridgehead atoms. The van der Waals surface area contributed by atoms with Crippen LogP contribution >= 0.6 is 11.3 Å². The van der Waals surface area contributed by atoms with Crippen LogP contribution in [0, 0.1) is 12.3 Å². The minimum atomic E-state index is 0.571. The molecule has 2 aliphatic rings. The molecule has 0 radical (unpaired) electrons. The van der Waals surface area contributed by atoms with Crippen molar-refractivity contribution in [3.05, 3.63) is 16.1 Å². The molecule has 2 fully saturated rings. The summed E-state index contributed by atoms with van der Waals surface area (Å²) in [6.07, 6.45) is 10.4. The summed E-state index contributed by atoms with van der Waals surface area (Å²) in [4.78, 5) is 5.85. The highest BCUT2D eigenvalue weighted by molar-refractivity contribution is 7.11. The molecule has 0 amide bonds. The molecule has 0 aromatic carbocycles. The fourth-order valence-corrected chi connectivity index (χ4v) is 3.57. The molecule has 1 aromatic heterocycles. The summed E-state index contributed by atoms with van der Waals surface area (Å²) < 4.78 is 0. The highest BCUT2D eigenvalue weighted by Gasteiger charge is 2.38. The van der Waals surface area contributed by atoms with Crippen molar-refractivity contribution < 1.29 is 0 Å². The number of aromatic nitrogens is 1. The van der Waals surface area contributed by atoms with Crippen LogP contribution in [0.4, 0.5) is 0 Å². The van der Waals surface area contributed by atoms with Crippen molar-refractivity contribution >= 4 is 11.3 Å². The standard InChI is InChI=1S/C13H20N2S/c1-10-14-8-12(16-10)7-13(5-2-6-13)9-15-11-3-4-11/h8,11,15H,2-7,9H2,1H3. The summed E-state index contributed by atoms with van der Waals surface area (Å²) in [5, 5.41) is 4.92. The molecule has 0 atom stereocenters. The third kappa shape index (κ3) is 2.30. The number of aryl methyl sites for hydroxylation is 1. The van der Waals surface area contributed by atoms with Gasteiger partial charge in [0, 0.05) is 23.7 Å². The van der Waals surface area contributed by atoms with Gasteiger partial charge in [0.15, 0.2) is 0 Å². The van der Waals surface area contributed by atoms with Gasteiger partial charge >= 0.3 is 0 Å². The molecule has 1 aromatic rings. The molecule has 16 heavy (non-hydrogen) atoms. The Morgan fingerprint density at radius 2 is 2.31 bits per heavy atom. The van der Waals surface area contributed by atoms with Gasteiger partial charge in [-0.1, -0.05) is 6.42 Å². The van der Waals surface area contributed by atoms with Crippen molar-refractivity contribution in [2.45, 2.75) is 51.5 Å². The third-order valence-corrected chi connectivity index (χ3v) is 4.89. The Kier molecular flexibility index (Phi) is 2.76. The third-order valence-electron chi connectivity index (χ3n) is 3.98. The van der Waals surface area contributed by atoms with Gasteiger partial charge in [0.1, 0.15) is 0 Å². The van der Waals surface area contributed by atoms with E-state index in [1.165, 1.54) is 55.0 Å². The van der Waals surface area contributed by atoms with Crippen LogP contribution in [0.1, 0.15) is 42.0 Å². The maximum absolute atomic E-state index is 4.36. The van der Waals surface area contributed by atoms with Crippen LogP contribution in [0.2, 0.25) is 0 Å². The summed E-state index contributed by atoms with van der Waals surface area (Å²) in [7, 11) is 0. The van der Waals surface area contributed by atoms with E-state index in [0.717, 1.165) is 6.04 Å². The molecular formula is C13H20N2S. The fraction of sp³-hybridized carbons (Fsp3) is 0.769. The van der Waals surface area contributed by atoms with Crippen molar-refractivity contribution in [3.8, 4) is 0 Å². The molecule has 0 saturated heterocycles. The van der Waals surface area contributed by atoms with Gasteiger partial charge in [0.2, 0.25) is 0 Å². The first kappa shape index (κ1) is 10.7. The van der Waals surface area contributed by atoms with Crippen LogP contribution in [0.3, 0.4) is 0 Å². The number of rotatable bonds is 5.